The summed E-state index contributed by atoms with van der Waals surface area (Å²) in [5, 5.41) is 2.73. The predicted octanol–water partition coefficient (Wildman–Crippen LogP) is 3.28. The second kappa shape index (κ2) is 6.44. The molecule has 1 aliphatic rings. The zero-order chi connectivity index (χ0) is 15.5. The highest BCUT2D eigenvalue weighted by atomic mass is 35.5. The van der Waals surface area contributed by atoms with Gasteiger partial charge in [0.15, 0.2) is 12.4 Å². The van der Waals surface area contributed by atoms with Crippen LogP contribution in [0.2, 0.25) is 5.02 Å². The van der Waals surface area contributed by atoms with Crippen molar-refractivity contribution in [1.29, 1.82) is 0 Å². The Hall–Kier alpha value is -1.94. The van der Waals surface area contributed by atoms with Gasteiger partial charge in [-0.15, -0.1) is 0 Å². The summed E-state index contributed by atoms with van der Waals surface area (Å²) >= 11 is 5.71. The summed E-state index contributed by atoms with van der Waals surface area (Å²) in [6.45, 7) is 0.224. The fourth-order valence-corrected chi connectivity index (χ4v) is 2.94. The molecule has 5 heteroatoms. The number of fused-ring (bicyclic) bond motifs is 1. The molecule has 0 aliphatic heterocycles. The molecule has 0 atom stereocenters. The number of aryl methyl sites for hydroxylation is 2. The second-order valence-corrected chi connectivity index (χ2v) is 5.96. The first-order chi connectivity index (χ1) is 10.6. The summed E-state index contributed by atoms with van der Waals surface area (Å²) in [7, 11) is 0. The number of hydrogen-bond acceptors (Lipinski definition) is 1. The molecule has 1 amide bonds. The van der Waals surface area contributed by atoms with E-state index in [1.807, 2.05) is 17.0 Å². The van der Waals surface area contributed by atoms with Crippen molar-refractivity contribution in [3.8, 4) is 0 Å². The maximum absolute atomic E-state index is 13.1. The van der Waals surface area contributed by atoms with Crippen molar-refractivity contribution in [2.75, 3.05) is 5.32 Å². The van der Waals surface area contributed by atoms with E-state index in [2.05, 4.69) is 11.4 Å². The van der Waals surface area contributed by atoms with Crippen LogP contribution in [0.4, 0.5) is 10.1 Å². The van der Waals surface area contributed by atoms with Crippen molar-refractivity contribution in [2.45, 2.75) is 32.2 Å². The number of pyridine rings is 1. The summed E-state index contributed by atoms with van der Waals surface area (Å²) in [6.07, 6.45) is 8.62. The average Bonchev–Trinajstić information content (AvgIpc) is 2.51. The van der Waals surface area contributed by atoms with E-state index in [1.54, 1.807) is 0 Å². The van der Waals surface area contributed by atoms with E-state index < -0.39 is 5.82 Å². The molecule has 1 N–H and O–H groups in total. The van der Waals surface area contributed by atoms with Crippen LogP contribution in [-0.2, 0) is 24.2 Å². The maximum atomic E-state index is 13.1. The van der Waals surface area contributed by atoms with E-state index in [9.17, 15) is 9.18 Å². The lowest BCUT2D eigenvalue weighted by molar-refractivity contribution is -0.684. The first kappa shape index (κ1) is 15.0. The number of amides is 1. The molecule has 1 aromatic carbocycles. The number of nitrogens with one attached hydrogen (secondary N) is 1. The summed E-state index contributed by atoms with van der Waals surface area (Å²) in [5.74, 6) is -0.660. The predicted molar refractivity (Wildman–Crippen MR) is 83.3 cm³/mol. The Labute approximate surface area is 133 Å². The highest BCUT2D eigenvalue weighted by Crippen LogP contribution is 2.20. The van der Waals surface area contributed by atoms with Gasteiger partial charge in [0.05, 0.1) is 5.02 Å². The van der Waals surface area contributed by atoms with Gasteiger partial charge in [0, 0.05) is 17.3 Å². The van der Waals surface area contributed by atoms with Crippen LogP contribution in [0.1, 0.15) is 24.0 Å². The van der Waals surface area contributed by atoms with Gasteiger partial charge in [-0.05, 0) is 49.4 Å². The fraction of sp³-hybridized carbons (Fsp3) is 0.294. The molecule has 0 saturated carbocycles. The Morgan fingerprint density at radius 1 is 1.23 bits per heavy atom. The fourth-order valence-electron chi connectivity index (χ4n) is 2.76. The SMILES string of the molecule is O=C(C[n+]1ccc2c(c1)CCCC2)Nc1ccc(F)c(Cl)c1. The van der Waals surface area contributed by atoms with E-state index in [4.69, 9.17) is 11.6 Å². The topological polar surface area (TPSA) is 33.0 Å². The van der Waals surface area contributed by atoms with Gasteiger partial charge < -0.3 is 5.32 Å². The van der Waals surface area contributed by atoms with Crippen molar-refractivity contribution in [1.82, 2.24) is 0 Å². The van der Waals surface area contributed by atoms with Crippen molar-refractivity contribution < 1.29 is 13.8 Å². The first-order valence-electron chi connectivity index (χ1n) is 7.37. The smallest absolute Gasteiger partial charge is 0.290 e. The van der Waals surface area contributed by atoms with Crippen LogP contribution in [0.25, 0.3) is 0 Å². The van der Waals surface area contributed by atoms with Crippen LogP contribution >= 0.6 is 11.6 Å². The quantitative estimate of drug-likeness (QED) is 0.865. The van der Waals surface area contributed by atoms with Crippen molar-refractivity contribution in [3.05, 3.63) is 58.6 Å². The molecular formula is C17H17ClFN2O+. The maximum Gasteiger partial charge on any atom is 0.290 e. The molecule has 114 valence electrons. The van der Waals surface area contributed by atoms with E-state index >= 15 is 0 Å². The van der Waals surface area contributed by atoms with Crippen molar-refractivity contribution >= 4 is 23.2 Å². The molecule has 0 bridgehead atoms. The first-order valence-corrected chi connectivity index (χ1v) is 7.75. The van der Waals surface area contributed by atoms with E-state index in [1.165, 1.54) is 42.2 Å². The molecule has 0 saturated heterocycles. The number of benzene rings is 1. The lowest BCUT2D eigenvalue weighted by atomic mass is 9.93. The second-order valence-electron chi connectivity index (χ2n) is 5.55. The Bertz CT molecular complexity index is 718. The van der Waals surface area contributed by atoms with E-state index in [0.29, 0.717) is 5.69 Å². The molecule has 0 spiro atoms. The number of nitrogens with zero attached hydrogens (tertiary/aromatic N) is 1. The average molecular weight is 320 g/mol. The lowest BCUT2D eigenvalue weighted by Crippen LogP contribution is -2.40. The summed E-state index contributed by atoms with van der Waals surface area (Å²) in [4.78, 5) is 12.1. The molecule has 0 radical (unpaired) electrons. The third kappa shape index (κ3) is 3.45. The van der Waals surface area contributed by atoms with E-state index in [-0.39, 0.29) is 17.5 Å². The van der Waals surface area contributed by atoms with Crippen LogP contribution in [0.3, 0.4) is 0 Å². The van der Waals surface area contributed by atoms with Gasteiger partial charge in [0.25, 0.3) is 5.91 Å². The molecule has 1 aliphatic carbocycles. The number of carbonyl (C=O) groups is 1. The monoisotopic (exact) mass is 319 g/mol. The number of halogens is 2. The molecule has 1 heterocycles. The van der Waals surface area contributed by atoms with Crippen molar-refractivity contribution in [3.63, 3.8) is 0 Å². The Balaban J connectivity index is 1.67. The van der Waals surface area contributed by atoms with Crippen LogP contribution in [-0.4, -0.2) is 5.91 Å². The molecule has 0 fully saturated rings. The highest BCUT2D eigenvalue weighted by Gasteiger charge is 2.16. The highest BCUT2D eigenvalue weighted by molar-refractivity contribution is 6.31. The number of rotatable bonds is 3. The third-order valence-electron chi connectivity index (χ3n) is 3.87. The Morgan fingerprint density at radius 3 is 2.77 bits per heavy atom. The van der Waals surface area contributed by atoms with Gasteiger partial charge in [-0.1, -0.05) is 11.6 Å². The van der Waals surface area contributed by atoms with Crippen molar-refractivity contribution in [2.24, 2.45) is 0 Å². The zero-order valence-corrected chi connectivity index (χ0v) is 12.9. The molecule has 22 heavy (non-hydrogen) atoms. The van der Waals surface area contributed by atoms with Gasteiger partial charge in [-0.25, -0.2) is 4.39 Å². The van der Waals surface area contributed by atoms with Gasteiger partial charge in [0.2, 0.25) is 6.54 Å². The molecular weight excluding hydrogens is 303 g/mol. The van der Waals surface area contributed by atoms with E-state index in [0.717, 1.165) is 12.8 Å². The molecule has 1 aromatic heterocycles. The standard InChI is InChI=1S/C17H16ClFN2O/c18-15-9-14(5-6-16(15)19)20-17(22)11-21-8-7-12-3-1-2-4-13(12)10-21/h5-10H,1-4,11H2/p+1. The summed E-state index contributed by atoms with van der Waals surface area (Å²) in [6, 6.07) is 6.24. The number of hydrogen-bond donors (Lipinski definition) is 1. The zero-order valence-electron chi connectivity index (χ0n) is 12.1. The minimum atomic E-state index is -0.497. The molecule has 2 aromatic rings. The number of anilines is 1. The van der Waals surface area contributed by atoms with Gasteiger partial charge in [-0.3, -0.25) is 4.79 Å². The minimum absolute atomic E-state index is 0.000709. The van der Waals surface area contributed by atoms with Crippen LogP contribution in [0.15, 0.2) is 36.7 Å². The van der Waals surface area contributed by atoms with Gasteiger partial charge >= 0.3 is 0 Å². The minimum Gasteiger partial charge on any atom is -0.321 e. The number of carbonyl (C=O) groups excluding carboxylic acids is 1. The largest absolute Gasteiger partial charge is 0.321 e. The van der Waals surface area contributed by atoms with Gasteiger partial charge in [0.1, 0.15) is 5.82 Å². The van der Waals surface area contributed by atoms with Crippen LogP contribution in [0, 0.1) is 5.82 Å². The Morgan fingerprint density at radius 2 is 2.00 bits per heavy atom. The van der Waals surface area contributed by atoms with Crippen LogP contribution in [0.5, 0.6) is 0 Å². The number of aromatic nitrogens is 1. The summed E-state index contributed by atoms with van der Waals surface area (Å²) < 4.78 is 15.0. The van der Waals surface area contributed by atoms with Crippen LogP contribution < -0.4 is 9.88 Å². The third-order valence-corrected chi connectivity index (χ3v) is 4.16. The lowest BCUT2D eigenvalue weighted by Gasteiger charge is -2.13. The molecule has 0 unspecified atom stereocenters. The van der Waals surface area contributed by atoms with Gasteiger partial charge in [-0.2, -0.15) is 4.57 Å². The summed E-state index contributed by atoms with van der Waals surface area (Å²) in [5.41, 5.74) is 3.20. The normalized spacial score (nSPS) is 13.5. The molecule has 3 nitrogen and oxygen atoms in total. The molecule has 3 rings (SSSR count). The Kier molecular flexibility index (Phi) is 4.39.